The van der Waals surface area contributed by atoms with E-state index in [1.807, 2.05) is 0 Å². The maximum Gasteiger partial charge on any atom is 0.509 e. The highest BCUT2D eigenvalue weighted by atomic mass is 16.8. The molecular formula is C12H16O3. The third-order valence-electron chi connectivity index (χ3n) is 4.13. The fraction of sp³-hybridized carbons (Fsp3) is 0.750. The van der Waals surface area contributed by atoms with E-state index in [1.165, 1.54) is 12.0 Å². The lowest BCUT2D eigenvalue weighted by Crippen LogP contribution is -2.51. The summed E-state index contributed by atoms with van der Waals surface area (Å²) in [4.78, 5) is 11.3. The highest BCUT2D eigenvalue weighted by Crippen LogP contribution is 2.51. The van der Waals surface area contributed by atoms with E-state index in [2.05, 4.69) is 6.58 Å². The van der Waals surface area contributed by atoms with Crippen molar-refractivity contribution in [2.24, 2.45) is 5.92 Å². The molecule has 0 radical (unpaired) electrons. The highest BCUT2D eigenvalue weighted by Gasteiger charge is 2.58. The number of rotatable bonds is 0. The smallest absolute Gasteiger partial charge is 0.426 e. The predicted molar refractivity (Wildman–Crippen MR) is 54.4 cm³/mol. The summed E-state index contributed by atoms with van der Waals surface area (Å²) in [6.45, 7) is 4.04. The van der Waals surface area contributed by atoms with Crippen LogP contribution in [0.5, 0.6) is 0 Å². The molecule has 2 aliphatic carbocycles. The summed E-state index contributed by atoms with van der Waals surface area (Å²) in [6, 6.07) is 0. The van der Waals surface area contributed by atoms with E-state index < -0.39 is 6.16 Å². The molecule has 3 rings (SSSR count). The molecule has 15 heavy (non-hydrogen) atoms. The Kier molecular flexibility index (Phi) is 1.85. The van der Waals surface area contributed by atoms with Crippen molar-refractivity contribution in [3.8, 4) is 0 Å². The quantitative estimate of drug-likeness (QED) is 0.453. The molecule has 1 spiro atoms. The highest BCUT2D eigenvalue weighted by molar-refractivity contribution is 5.64. The fourth-order valence-corrected chi connectivity index (χ4v) is 3.44. The number of hydrogen-bond donors (Lipinski definition) is 0. The predicted octanol–water partition coefficient (Wildman–Crippen LogP) is 2.80. The van der Waals surface area contributed by atoms with Crippen LogP contribution >= 0.6 is 0 Å². The van der Waals surface area contributed by atoms with Crippen LogP contribution in [0.1, 0.15) is 38.5 Å². The molecule has 3 aliphatic rings. The van der Waals surface area contributed by atoms with Gasteiger partial charge in [-0.05, 0) is 25.7 Å². The molecule has 1 heterocycles. The summed E-state index contributed by atoms with van der Waals surface area (Å²) >= 11 is 0. The second-order valence-corrected chi connectivity index (χ2v) is 5.01. The lowest BCUT2D eigenvalue weighted by atomic mass is 9.65. The minimum Gasteiger partial charge on any atom is -0.426 e. The molecule has 0 aromatic rings. The Morgan fingerprint density at radius 2 is 2.20 bits per heavy atom. The Bertz CT molecular complexity index is 321. The molecule has 82 valence electrons. The van der Waals surface area contributed by atoms with Crippen molar-refractivity contribution in [2.75, 3.05) is 0 Å². The van der Waals surface area contributed by atoms with Gasteiger partial charge in [-0.1, -0.05) is 18.6 Å². The Morgan fingerprint density at radius 3 is 3.07 bits per heavy atom. The van der Waals surface area contributed by atoms with E-state index in [4.69, 9.17) is 9.47 Å². The summed E-state index contributed by atoms with van der Waals surface area (Å²) in [5.74, 6) is 0.448. The van der Waals surface area contributed by atoms with Crippen molar-refractivity contribution in [3.63, 3.8) is 0 Å². The van der Waals surface area contributed by atoms with Gasteiger partial charge in [0.25, 0.3) is 0 Å². The molecule has 3 fully saturated rings. The largest absolute Gasteiger partial charge is 0.509 e. The Hall–Kier alpha value is -0.990. The van der Waals surface area contributed by atoms with Gasteiger partial charge < -0.3 is 9.47 Å². The van der Waals surface area contributed by atoms with Crippen LogP contribution in [0.4, 0.5) is 4.79 Å². The maximum atomic E-state index is 11.3. The zero-order valence-electron chi connectivity index (χ0n) is 8.83. The number of carbonyl (C=O) groups excluding carboxylic acids is 1. The maximum absolute atomic E-state index is 11.3. The molecule has 3 nitrogen and oxygen atoms in total. The van der Waals surface area contributed by atoms with E-state index in [-0.39, 0.29) is 11.7 Å². The van der Waals surface area contributed by atoms with Crippen LogP contribution in [0.25, 0.3) is 0 Å². The van der Waals surface area contributed by atoms with Crippen LogP contribution < -0.4 is 0 Å². The van der Waals surface area contributed by atoms with Gasteiger partial charge >= 0.3 is 6.16 Å². The third-order valence-corrected chi connectivity index (χ3v) is 4.13. The van der Waals surface area contributed by atoms with Crippen LogP contribution in [0, 0.1) is 5.92 Å². The molecular weight excluding hydrogens is 192 g/mol. The van der Waals surface area contributed by atoms with Gasteiger partial charge in [0.2, 0.25) is 0 Å². The molecule has 0 aromatic carbocycles. The summed E-state index contributed by atoms with van der Waals surface area (Å²) in [6.07, 6.45) is 5.78. The average Bonchev–Trinajstić information content (AvgIpc) is 2.49. The normalized spacial score (nSPS) is 44.0. The van der Waals surface area contributed by atoms with Crippen LogP contribution in [0.3, 0.4) is 0 Å². The molecule has 3 heteroatoms. The first-order valence-electron chi connectivity index (χ1n) is 5.77. The van der Waals surface area contributed by atoms with Crippen molar-refractivity contribution >= 4 is 6.16 Å². The lowest BCUT2D eigenvalue weighted by molar-refractivity contribution is -0.0654. The molecule has 3 atom stereocenters. The summed E-state index contributed by atoms with van der Waals surface area (Å²) in [5.41, 5.74) is 0.914. The van der Waals surface area contributed by atoms with E-state index in [1.54, 1.807) is 0 Å². The molecule has 0 N–H and O–H groups in total. The van der Waals surface area contributed by atoms with Crippen molar-refractivity contribution in [1.82, 2.24) is 0 Å². The average molecular weight is 208 g/mol. The van der Waals surface area contributed by atoms with Gasteiger partial charge in [0.15, 0.2) is 5.60 Å². The van der Waals surface area contributed by atoms with Crippen LogP contribution in [-0.2, 0) is 9.47 Å². The minimum atomic E-state index is -0.471. The Labute approximate surface area is 89.4 Å². The van der Waals surface area contributed by atoms with E-state index in [0.29, 0.717) is 5.92 Å². The SMILES string of the molecule is C=C1C[C@H]2CCCC[C@@]23OC(=O)O[C@H]3C1. The monoisotopic (exact) mass is 208 g/mol. The van der Waals surface area contributed by atoms with Gasteiger partial charge in [-0.2, -0.15) is 0 Å². The molecule has 0 amide bonds. The van der Waals surface area contributed by atoms with Gasteiger partial charge in [0.1, 0.15) is 6.10 Å². The van der Waals surface area contributed by atoms with Crippen LogP contribution in [0.15, 0.2) is 12.2 Å². The van der Waals surface area contributed by atoms with Crippen LogP contribution in [0.2, 0.25) is 0 Å². The molecule has 1 aliphatic heterocycles. The first kappa shape index (κ1) is 9.25. The Morgan fingerprint density at radius 1 is 1.33 bits per heavy atom. The standard InChI is InChI=1S/C12H16O3/c1-8-6-9-4-2-3-5-12(9)10(7-8)14-11(13)15-12/h9-10H,1-7H2/t9-,10+,12-/m1/s1. The molecule has 0 bridgehead atoms. The van der Waals surface area contributed by atoms with E-state index in [0.717, 1.165) is 32.1 Å². The molecule has 2 saturated carbocycles. The van der Waals surface area contributed by atoms with Crippen molar-refractivity contribution < 1.29 is 14.3 Å². The summed E-state index contributed by atoms with van der Waals surface area (Å²) < 4.78 is 10.8. The topological polar surface area (TPSA) is 35.5 Å². The zero-order valence-corrected chi connectivity index (χ0v) is 8.83. The molecule has 0 unspecified atom stereocenters. The minimum absolute atomic E-state index is 0.0588. The van der Waals surface area contributed by atoms with Gasteiger partial charge in [-0.15, -0.1) is 0 Å². The van der Waals surface area contributed by atoms with Crippen molar-refractivity contribution in [3.05, 3.63) is 12.2 Å². The first-order chi connectivity index (χ1) is 7.21. The molecule has 1 saturated heterocycles. The Balaban J connectivity index is 1.96. The second-order valence-electron chi connectivity index (χ2n) is 5.01. The van der Waals surface area contributed by atoms with Gasteiger partial charge in [0.05, 0.1) is 0 Å². The van der Waals surface area contributed by atoms with Gasteiger partial charge in [0, 0.05) is 12.3 Å². The number of ether oxygens (including phenoxy) is 2. The zero-order chi connectivity index (χ0) is 10.5. The van der Waals surface area contributed by atoms with Crippen molar-refractivity contribution in [2.45, 2.75) is 50.2 Å². The number of carbonyl (C=O) groups is 1. The second kappa shape index (κ2) is 3.00. The fourth-order valence-electron chi connectivity index (χ4n) is 3.44. The first-order valence-corrected chi connectivity index (χ1v) is 5.77. The molecule has 0 aromatic heterocycles. The van der Waals surface area contributed by atoms with Crippen LogP contribution in [-0.4, -0.2) is 17.9 Å². The van der Waals surface area contributed by atoms with Crippen molar-refractivity contribution in [1.29, 1.82) is 0 Å². The van der Waals surface area contributed by atoms with E-state index in [9.17, 15) is 4.79 Å². The third kappa shape index (κ3) is 1.22. The summed E-state index contributed by atoms with van der Waals surface area (Å²) in [7, 11) is 0. The lowest BCUT2D eigenvalue weighted by Gasteiger charge is -2.45. The summed E-state index contributed by atoms with van der Waals surface area (Å²) in [5, 5.41) is 0. The van der Waals surface area contributed by atoms with E-state index >= 15 is 0 Å². The van der Waals surface area contributed by atoms with Gasteiger partial charge in [-0.25, -0.2) is 4.79 Å². The number of hydrogen-bond acceptors (Lipinski definition) is 3. The van der Waals surface area contributed by atoms with Gasteiger partial charge in [-0.3, -0.25) is 0 Å².